The number of nitrogens with zero attached hydrogens (tertiary/aromatic N) is 3. The lowest BCUT2D eigenvalue weighted by atomic mass is 9.89. The fourth-order valence-electron chi connectivity index (χ4n) is 4.12. The van der Waals surface area contributed by atoms with Crippen molar-refractivity contribution in [3.8, 4) is 0 Å². The summed E-state index contributed by atoms with van der Waals surface area (Å²) in [5.74, 6) is 1.30. The highest BCUT2D eigenvalue weighted by Crippen LogP contribution is 2.32. The Balaban J connectivity index is 1.75. The second-order valence-corrected chi connectivity index (χ2v) is 6.90. The lowest BCUT2D eigenvalue weighted by Crippen LogP contribution is -2.19. The van der Waals surface area contributed by atoms with Crippen molar-refractivity contribution < 1.29 is 0 Å². The third-order valence-electron chi connectivity index (χ3n) is 5.39. The van der Waals surface area contributed by atoms with E-state index in [2.05, 4.69) is 10.1 Å². The Kier molecular flexibility index (Phi) is 3.72. The fraction of sp³-hybridized carbons (Fsp3) is 0.706. The van der Waals surface area contributed by atoms with Crippen LogP contribution in [0, 0.1) is 0 Å². The van der Waals surface area contributed by atoms with Crippen LogP contribution in [0.3, 0.4) is 0 Å². The van der Waals surface area contributed by atoms with Crippen LogP contribution in [0.4, 0.5) is 0 Å². The SMILES string of the molecule is O=c1[nH]c(C2CCCCC2)nc2c1cnn2C1CCCCC1. The molecule has 118 valence electrons. The molecule has 0 unspecified atom stereocenters. The van der Waals surface area contributed by atoms with Gasteiger partial charge in [-0.1, -0.05) is 38.5 Å². The maximum Gasteiger partial charge on any atom is 0.262 e. The average Bonchev–Trinajstić information content (AvgIpc) is 3.01. The summed E-state index contributed by atoms with van der Waals surface area (Å²) in [5, 5.41) is 5.14. The molecule has 2 aromatic heterocycles. The van der Waals surface area contributed by atoms with Crippen LogP contribution in [0.5, 0.6) is 0 Å². The van der Waals surface area contributed by atoms with Crippen molar-refractivity contribution in [1.29, 1.82) is 0 Å². The van der Waals surface area contributed by atoms with Gasteiger partial charge in [0.1, 0.15) is 11.2 Å². The Morgan fingerprint density at radius 1 is 1.00 bits per heavy atom. The Hall–Kier alpha value is -1.65. The number of aromatic amines is 1. The first-order chi connectivity index (χ1) is 10.8. The second-order valence-electron chi connectivity index (χ2n) is 6.90. The molecule has 0 aliphatic heterocycles. The van der Waals surface area contributed by atoms with Crippen LogP contribution in [0.15, 0.2) is 11.0 Å². The molecule has 5 nitrogen and oxygen atoms in total. The molecular formula is C17H24N4O. The minimum atomic E-state index is -0.0207. The van der Waals surface area contributed by atoms with Crippen molar-refractivity contribution in [2.45, 2.75) is 76.2 Å². The monoisotopic (exact) mass is 300 g/mol. The minimum absolute atomic E-state index is 0.0207. The highest BCUT2D eigenvalue weighted by atomic mass is 16.1. The van der Waals surface area contributed by atoms with E-state index in [-0.39, 0.29) is 5.56 Å². The Bertz CT molecular complexity index is 705. The smallest absolute Gasteiger partial charge is 0.262 e. The molecule has 0 saturated heterocycles. The van der Waals surface area contributed by atoms with Gasteiger partial charge in [-0.05, 0) is 25.7 Å². The molecule has 0 radical (unpaired) electrons. The van der Waals surface area contributed by atoms with Crippen molar-refractivity contribution in [3.63, 3.8) is 0 Å². The highest BCUT2D eigenvalue weighted by molar-refractivity contribution is 5.73. The molecule has 0 amide bonds. The molecule has 2 saturated carbocycles. The van der Waals surface area contributed by atoms with Crippen molar-refractivity contribution in [2.24, 2.45) is 0 Å². The lowest BCUT2D eigenvalue weighted by molar-refractivity contribution is 0.335. The van der Waals surface area contributed by atoms with Crippen LogP contribution >= 0.6 is 0 Å². The summed E-state index contributed by atoms with van der Waals surface area (Å²) in [6.45, 7) is 0. The summed E-state index contributed by atoms with van der Waals surface area (Å²) in [6, 6.07) is 0.416. The zero-order valence-electron chi connectivity index (χ0n) is 13.1. The number of aromatic nitrogens is 4. The molecule has 2 fully saturated rings. The van der Waals surface area contributed by atoms with Crippen LogP contribution in [-0.2, 0) is 0 Å². The third kappa shape index (κ3) is 2.46. The van der Waals surface area contributed by atoms with Gasteiger partial charge in [0.2, 0.25) is 0 Å². The Morgan fingerprint density at radius 2 is 1.68 bits per heavy atom. The number of H-pyrrole nitrogens is 1. The van der Waals surface area contributed by atoms with E-state index in [0.29, 0.717) is 17.3 Å². The highest BCUT2D eigenvalue weighted by Gasteiger charge is 2.23. The van der Waals surface area contributed by atoms with Crippen LogP contribution in [0.1, 0.15) is 82.0 Å². The van der Waals surface area contributed by atoms with E-state index in [1.807, 2.05) is 4.68 Å². The van der Waals surface area contributed by atoms with E-state index in [1.165, 1.54) is 38.5 Å². The Labute approximate surface area is 130 Å². The van der Waals surface area contributed by atoms with Gasteiger partial charge in [-0.15, -0.1) is 0 Å². The summed E-state index contributed by atoms with van der Waals surface area (Å²) in [6.07, 6.45) is 13.9. The van der Waals surface area contributed by atoms with Gasteiger partial charge < -0.3 is 4.98 Å². The van der Waals surface area contributed by atoms with Gasteiger partial charge >= 0.3 is 0 Å². The molecule has 4 rings (SSSR count). The van der Waals surface area contributed by atoms with Gasteiger partial charge in [0, 0.05) is 5.92 Å². The topological polar surface area (TPSA) is 63.6 Å². The summed E-state index contributed by atoms with van der Waals surface area (Å²) in [4.78, 5) is 20.2. The minimum Gasteiger partial charge on any atom is -0.310 e. The summed E-state index contributed by atoms with van der Waals surface area (Å²) in [7, 11) is 0. The molecule has 0 spiro atoms. The summed E-state index contributed by atoms with van der Waals surface area (Å²) < 4.78 is 2.02. The molecular weight excluding hydrogens is 276 g/mol. The van der Waals surface area contributed by atoms with E-state index in [1.54, 1.807) is 6.20 Å². The third-order valence-corrected chi connectivity index (χ3v) is 5.39. The quantitative estimate of drug-likeness (QED) is 0.920. The first-order valence-corrected chi connectivity index (χ1v) is 8.80. The number of hydrogen-bond acceptors (Lipinski definition) is 3. The first-order valence-electron chi connectivity index (χ1n) is 8.80. The normalized spacial score (nSPS) is 21.5. The molecule has 0 atom stereocenters. The summed E-state index contributed by atoms with van der Waals surface area (Å²) >= 11 is 0. The standard InChI is InChI=1S/C17H24N4O/c22-17-14-11-18-21(13-9-5-2-6-10-13)16(14)19-15(20-17)12-7-3-1-4-8-12/h11-13H,1-10H2,(H,19,20,22). The van der Waals surface area contributed by atoms with Crippen LogP contribution in [0.2, 0.25) is 0 Å². The second kappa shape index (κ2) is 5.86. The van der Waals surface area contributed by atoms with E-state index < -0.39 is 0 Å². The molecule has 5 heteroatoms. The number of hydrogen-bond donors (Lipinski definition) is 1. The van der Waals surface area contributed by atoms with E-state index in [0.717, 1.165) is 37.2 Å². The zero-order chi connectivity index (χ0) is 14.9. The predicted octanol–water partition coefficient (Wildman–Crippen LogP) is 3.67. The maximum atomic E-state index is 12.4. The Morgan fingerprint density at radius 3 is 2.41 bits per heavy atom. The van der Waals surface area contributed by atoms with Crippen molar-refractivity contribution in [2.75, 3.05) is 0 Å². The van der Waals surface area contributed by atoms with E-state index >= 15 is 0 Å². The molecule has 2 aliphatic rings. The number of nitrogens with one attached hydrogen (secondary N) is 1. The van der Waals surface area contributed by atoms with Crippen molar-refractivity contribution in [1.82, 2.24) is 19.7 Å². The molecule has 2 heterocycles. The average molecular weight is 300 g/mol. The van der Waals surface area contributed by atoms with Gasteiger partial charge in [0.15, 0.2) is 5.65 Å². The molecule has 0 bridgehead atoms. The maximum absolute atomic E-state index is 12.4. The number of fused-ring (bicyclic) bond motifs is 1. The molecule has 22 heavy (non-hydrogen) atoms. The van der Waals surface area contributed by atoms with Crippen molar-refractivity contribution >= 4 is 11.0 Å². The van der Waals surface area contributed by atoms with Crippen LogP contribution in [0.25, 0.3) is 11.0 Å². The zero-order valence-corrected chi connectivity index (χ0v) is 13.1. The molecule has 2 aromatic rings. The summed E-state index contributed by atoms with van der Waals surface area (Å²) in [5.41, 5.74) is 0.781. The predicted molar refractivity (Wildman–Crippen MR) is 86.1 cm³/mol. The molecule has 2 aliphatic carbocycles. The first kappa shape index (κ1) is 14.0. The van der Waals surface area contributed by atoms with Crippen LogP contribution < -0.4 is 5.56 Å². The van der Waals surface area contributed by atoms with Gasteiger partial charge in [-0.25, -0.2) is 9.67 Å². The largest absolute Gasteiger partial charge is 0.310 e. The molecule has 1 N–H and O–H groups in total. The van der Waals surface area contributed by atoms with Gasteiger partial charge in [-0.2, -0.15) is 5.10 Å². The fourth-order valence-corrected chi connectivity index (χ4v) is 4.12. The van der Waals surface area contributed by atoms with Crippen LogP contribution in [-0.4, -0.2) is 19.7 Å². The van der Waals surface area contributed by atoms with Gasteiger partial charge in [0.25, 0.3) is 5.56 Å². The van der Waals surface area contributed by atoms with E-state index in [4.69, 9.17) is 4.98 Å². The van der Waals surface area contributed by atoms with Crippen molar-refractivity contribution in [3.05, 3.63) is 22.4 Å². The van der Waals surface area contributed by atoms with E-state index in [9.17, 15) is 4.79 Å². The lowest BCUT2D eigenvalue weighted by Gasteiger charge is -2.23. The van der Waals surface area contributed by atoms with Gasteiger partial charge in [0.05, 0.1) is 12.2 Å². The number of rotatable bonds is 2. The van der Waals surface area contributed by atoms with Gasteiger partial charge in [-0.3, -0.25) is 4.79 Å². The molecule has 0 aromatic carbocycles.